The van der Waals surface area contributed by atoms with Gasteiger partial charge in [0.25, 0.3) is 0 Å². The van der Waals surface area contributed by atoms with Crippen molar-refractivity contribution in [2.45, 2.75) is 13.3 Å². The van der Waals surface area contributed by atoms with Crippen LogP contribution in [-0.2, 0) is 0 Å². The minimum absolute atomic E-state index is 0.513. The lowest BCUT2D eigenvalue weighted by Crippen LogP contribution is -2.33. The third kappa shape index (κ3) is 1.84. The predicted octanol–water partition coefficient (Wildman–Crippen LogP) is 0.818. The Labute approximate surface area is 67.4 Å². The van der Waals surface area contributed by atoms with Crippen LogP contribution in [0.15, 0.2) is 0 Å². The first-order valence-corrected chi connectivity index (χ1v) is 4.02. The van der Waals surface area contributed by atoms with Crippen LogP contribution in [0.2, 0.25) is 0 Å². The molecule has 0 spiro atoms. The molecule has 0 bridgehead atoms. The lowest BCUT2D eigenvalue weighted by atomic mass is 10.3. The number of rotatable bonds is 2. The van der Waals surface area contributed by atoms with Gasteiger partial charge < -0.3 is 10.6 Å². The minimum Gasteiger partial charge on any atom is -0.376 e. The summed E-state index contributed by atoms with van der Waals surface area (Å²) >= 11 is 4.81. The van der Waals surface area contributed by atoms with Gasteiger partial charge in [-0.15, -0.1) is 0 Å². The summed E-state index contributed by atoms with van der Waals surface area (Å²) in [5.74, 6) is 1.73. The van der Waals surface area contributed by atoms with E-state index in [-0.39, 0.29) is 0 Å². The highest BCUT2D eigenvalue weighted by molar-refractivity contribution is 7.80. The fraction of sp³-hybridized carbons (Fsp3) is 0.857. The SMILES string of the molecule is CC1CC1CN(C)C(N)=S. The monoisotopic (exact) mass is 158 g/mol. The van der Waals surface area contributed by atoms with Crippen molar-refractivity contribution < 1.29 is 0 Å². The van der Waals surface area contributed by atoms with E-state index in [2.05, 4.69) is 6.92 Å². The van der Waals surface area contributed by atoms with Crippen LogP contribution in [0.1, 0.15) is 13.3 Å². The van der Waals surface area contributed by atoms with E-state index in [1.807, 2.05) is 11.9 Å². The van der Waals surface area contributed by atoms with Crippen molar-refractivity contribution in [2.75, 3.05) is 13.6 Å². The maximum absolute atomic E-state index is 5.41. The molecule has 10 heavy (non-hydrogen) atoms. The molecule has 1 aliphatic carbocycles. The summed E-state index contributed by atoms with van der Waals surface area (Å²) in [7, 11) is 1.95. The lowest BCUT2D eigenvalue weighted by Gasteiger charge is -2.15. The molecular formula is C7H14N2S. The van der Waals surface area contributed by atoms with E-state index in [9.17, 15) is 0 Å². The summed E-state index contributed by atoms with van der Waals surface area (Å²) in [6.45, 7) is 3.30. The van der Waals surface area contributed by atoms with Gasteiger partial charge in [-0.2, -0.15) is 0 Å². The fourth-order valence-corrected chi connectivity index (χ4v) is 1.17. The first kappa shape index (κ1) is 7.79. The Morgan fingerprint density at radius 2 is 2.30 bits per heavy atom. The molecule has 2 unspecified atom stereocenters. The first-order chi connectivity index (χ1) is 4.61. The summed E-state index contributed by atoms with van der Waals surface area (Å²) in [6.07, 6.45) is 1.34. The van der Waals surface area contributed by atoms with E-state index >= 15 is 0 Å². The molecule has 3 heteroatoms. The van der Waals surface area contributed by atoms with E-state index < -0.39 is 0 Å². The molecule has 2 atom stereocenters. The van der Waals surface area contributed by atoms with Crippen LogP contribution in [0.5, 0.6) is 0 Å². The largest absolute Gasteiger partial charge is 0.376 e. The number of nitrogens with zero attached hydrogens (tertiary/aromatic N) is 1. The van der Waals surface area contributed by atoms with Gasteiger partial charge in [0.15, 0.2) is 5.11 Å². The van der Waals surface area contributed by atoms with Gasteiger partial charge in [-0.1, -0.05) is 6.92 Å². The molecule has 0 heterocycles. The van der Waals surface area contributed by atoms with Gasteiger partial charge >= 0.3 is 0 Å². The number of thiocarbonyl (C=S) groups is 1. The highest BCUT2D eigenvalue weighted by Gasteiger charge is 2.33. The van der Waals surface area contributed by atoms with Crippen LogP contribution < -0.4 is 5.73 Å². The predicted molar refractivity (Wildman–Crippen MR) is 46.7 cm³/mol. The molecule has 58 valence electrons. The highest BCUT2D eigenvalue weighted by Crippen LogP contribution is 2.37. The molecule has 0 aromatic carbocycles. The summed E-state index contributed by atoms with van der Waals surface area (Å²) in [4.78, 5) is 1.95. The smallest absolute Gasteiger partial charge is 0.166 e. The van der Waals surface area contributed by atoms with E-state index in [0.29, 0.717) is 5.11 Å². The summed E-state index contributed by atoms with van der Waals surface area (Å²) in [6, 6.07) is 0. The van der Waals surface area contributed by atoms with Gasteiger partial charge in [0, 0.05) is 13.6 Å². The van der Waals surface area contributed by atoms with E-state index in [1.165, 1.54) is 6.42 Å². The molecule has 0 radical (unpaired) electrons. The van der Waals surface area contributed by atoms with Crippen LogP contribution in [0, 0.1) is 11.8 Å². The number of hydrogen-bond donors (Lipinski definition) is 1. The lowest BCUT2D eigenvalue weighted by molar-refractivity contribution is 0.465. The number of hydrogen-bond acceptors (Lipinski definition) is 1. The number of nitrogens with two attached hydrogens (primary N) is 1. The van der Waals surface area contributed by atoms with Crippen LogP contribution in [0.4, 0.5) is 0 Å². The normalized spacial score (nSPS) is 29.8. The summed E-state index contributed by atoms with van der Waals surface area (Å²) in [5, 5.41) is 0.513. The molecule has 1 saturated carbocycles. The minimum atomic E-state index is 0.513. The van der Waals surface area contributed by atoms with Crippen molar-refractivity contribution in [3.63, 3.8) is 0 Å². The molecule has 0 amide bonds. The molecule has 0 aromatic rings. The highest BCUT2D eigenvalue weighted by atomic mass is 32.1. The van der Waals surface area contributed by atoms with Gasteiger partial charge in [0.1, 0.15) is 0 Å². The van der Waals surface area contributed by atoms with Crippen molar-refractivity contribution in [3.05, 3.63) is 0 Å². The van der Waals surface area contributed by atoms with E-state index in [4.69, 9.17) is 18.0 Å². The zero-order valence-electron chi connectivity index (χ0n) is 6.50. The van der Waals surface area contributed by atoms with Gasteiger partial charge in [0.05, 0.1) is 0 Å². The zero-order valence-corrected chi connectivity index (χ0v) is 7.32. The van der Waals surface area contributed by atoms with Crippen molar-refractivity contribution in [2.24, 2.45) is 17.6 Å². The molecule has 1 aliphatic rings. The average Bonchev–Trinajstić information content (AvgIpc) is 2.46. The Morgan fingerprint density at radius 1 is 1.80 bits per heavy atom. The Morgan fingerprint density at radius 3 is 2.60 bits per heavy atom. The Kier molecular flexibility index (Phi) is 2.14. The molecule has 2 nitrogen and oxygen atoms in total. The van der Waals surface area contributed by atoms with Gasteiger partial charge in [0.2, 0.25) is 0 Å². The Hall–Kier alpha value is -0.310. The van der Waals surface area contributed by atoms with Crippen LogP contribution in [-0.4, -0.2) is 23.6 Å². The summed E-state index contributed by atoms with van der Waals surface area (Å²) < 4.78 is 0. The average molecular weight is 158 g/mol. The van der Waals surface area contributed by atoms with E-state index in [0.717, 1.165) is 18.4 Å². The molecule has 0 aliphatic heterocycles. The molecular weight excluding hydrogens is 144 g/mol. The van der Waals surface area contributed by atoms with Crippen molar-refractivity contribution in [1.29, 1.82) is 0 Å². The second kappa shape index (κ2) is 2.74. The first-order valence-electron chi connectivity index (χ1n) is 3.62. The summed E-state index contributed by atoms with van der Waals surface area (Å²) in [5.41, 5.74) is 5.41. The van der Waals surface area contributed by atoms with Crippen molar-refractivity contribution in [1.82, 2.24) is 4.90 Å². The van der Waals surface area contributed by atoms with Crippen LogP contribution in [0.3, 0.4) is 0 Å². The van der Waals surface area contributed by atoms with E-state index in [1.54, 1.807) is 0 Å². The van der Waals surface area contributed by atoms with Gasteiger partial charge in [-0.05, 0) is 30.5 Å². The van der Waals surface area contributed by atoms with Crippen molar-refractivity contribution in [3.8, 4) is 0 Å². The van der Waals surface area contributed by atoms with Crippen molar-refractivity contribution >= 4 is 17.3 Å². The fourth-order valence-electron chi connectivity index (χ4n) is 1.10. The molecule has 0 saturated heterocycles. The topological polar surface area (TPSA) is 29.3 Å². The quantitative estimate of drug-likeness (QED) is 0.603. The Bertz CT molecular complexity index is 147. The van der Waals surface area contributed by atoms with Gasteiger partial charge in [-0.3, -0.25) is 0 Å². The third-order valence-electron chi connectivity index (χ3n) is 2.16. The molecule has 2 N–H and O–H groups in total. The third-order valence-corrected chi connectivity index (χ3v) is 2.47. The standard InChI is InChI=1S/C7H14N2S/c1-5-3-6(5)4-9(2)7(8)10/h5-6H,3-4H2,1-2H3,(H2,8,10). The zero-order chi connectivity index (χ0) is 7.72. The maximum Gasteiger partial charge on any atom is 0.166 e. The molecule has 1 fully saturated rings. The second-order valence-corrected chi connectivity index (χ2v) is 3.61. The van der Waals surface area contributed by atoms with Crippen LogP contribution >= 0.6 is 12.2 Å². The molecule has 0 aromatic heterocycles. The van der Waals surface area contributed by atoms with Gasteiger partial charge in [-0.25, -0.2) is 0 Å². The molecule has 1 rings (SSSR count). The van der Waals surface area contributed by atoms with Crippen LogP contribution in [0.25, 0.3) is 0 Å². The Balaban J connectivity index is 2.19. The maximum atomic E-state index is 5.41. The second-order valence-electron chi connectivity index (χ2n) is 3.19.